The summed E-state index contributed by atoms with van der Waals surface area (Å²) < 4.78 is 0. The van der Waals surface area contributed by atoms with Crippen LogP contribution < -0.4 is 16.4 Å². The van der Waals surface area contributed by atoms with E-state index in [1.165, 1.54) is 0 Å². The molecule has 0 fully saturated rings. The first kappa shape index (κ1) is 22.4. The Kier molecular flexibility index (Phi) is 9.01. The van der Waals surface area contributed by atoms with Crippen LogP contribution >= 0.6 is 12.4 Å². The molecule has 0 aliphatic rings. The molecule has 0 aromatic heterocycles. The minimum Gasteiger partial charge on any atom is -0.347 e. The first-order valence-corrected chi connectivity index (χ1v) is 8.13. The first-order valence-electron chi connectivity index (χ1n) is 8.13. The summed E-state index contributed by atoms with van der Waals surface area (Å²) in [7, 11) is 0. The Morgan fingerprint density at radius 3 is 2.17 bits per heavy atom. The summed E-state index contributed by atoms with van der Waals surface area (Å²) in [5, 5.41) is 5.75. The van der Waals surface area contributed by atoms with Crippen molar-refractivity contribution in [2.75, 3.05) is 5.32 Å². The highest BCUT2D eigenvalue weighted by Gasteiger charge is 2.19. The maximum Gasteiger partial charge on any atom is 0.251 e. The minimum atomic E-state index is -0.525. The number of carbonyl (C=O) groups is 2. The van der Waals surface area contributed by atoms with Crippen LogP contribution in [0.5, 0.6) is 0 Å². The molecule has 136 valence electrons. The number of hydrogen-bond donors (Lipinski definition) is 3. The van der Waals surface area contributed by atoms with E-state index < -0.39 is 6.04 Å². The molecule has 4 N–H and O–H groups in total. The summed E-state index contributed by atoms with van der Waals surface area (Å²) in [6, 6.07) is 6.31. The van der Waals surface area contributed by atoms with Crippen LogP contribution in [-0.2, 0) is 4.79 Å². The van der Waals surface area contributed by atoms with Crippen LogP contribution in [0.3, 0.4) is 0 Å². The predicted octanol–water partition coefficient (Wildman–Crippen LogP) is 3.34. The molecule has 0 saturated carbocycles. The maximum atomic E-state index is 12.2. The monoisotopic (exact) mass is 355 g/mol. The summed E-state index contributed by atoms with van der Waals surface area (Å²) in [6.45, 7) is 10.0. The molecule has 1 atom stereocenters. The van der Waals surface area contributed by atoms with Gasteiger partial charge in [-0.05, 0) is 56.9 Å². The lowest BCUT2D eigenvalue weighted by atomic mass is 10.0. The highest BCUT2D eigenvalue weighted by molar-refractivity contribution is 5.97. The van der Waals surface area contributed by atoms with Crippen LogP contribution in [0.25, 0.3) is 0 Å². The van der Waals surface area contributed by atoms with Crippen molar-refractivity contribution in [2.45, 2.75) is 59.0 Å². The number of rotatable bonds is 7. The molecule has 0 spiro atoms. The molecule has 1 rings (SSSR count). The minimum absolute atomic E-state index is 0. The smallest absolute Gasteiger partial charge is 0.251 e. The van der Waals surface area contributed by atoms with E-state index in [0.29, 0.717) is 23.6 Å². The van der Waals surface area contributed by atoms with Gasteiger partial charge in [0.15, 0.2) is 0 Å². The molecule has 0 bridgehead atoms. The molecule has 1 aromatic carbocycles. The zero-order valence-corrected chi connectivity index (χ0v) is 16.0. The van der Waals surface area contributed by atoms with Gasteiger partial charge < -0.3 is 16.4 Å². The summed E-state index contributed by atoms with van der Waals surface area (Å²) in [4.78, 5) is 24.1. The number of nitrogens with two attached hydrogens (primary N) is 1. The number of anilines is 1. The zero-order chi connectivity index (χ0) is 17.6. The van der Waals surface area contributed by atoms with Crippen molar-refractivity contribution in [3.63, 3.8) is 0 Å². The molecule has 0 aliphatic heterocycles. The molecule has 6 heteroatoms. The number of hydrogen-bond acceptors (Lipinski definition) is 3. The van der Waals surface area contributed by atoms with Gasteiger partial charge in [0.25, 0.3) is 5.91 Å². The fourth-order valence-corrected chi connectivity index (χ4v) is 2.02. The van der Waals surface area contributed by atoms with E-state index in [9.17, 15) is 9.59 Å². The van der Waals surface area contributed by atoms with Gasteiger partial charge in [0.2, 0.25) is 5.91 Å². The molecule has 0 radical (unpaired) electrons. The van der Waals surface area contributed by atoms with Gasteiger partial charge in [-0.3, -0.25) is 9.59 Å². The van der Waals surface area contributed by atoms with E-state index in [-0.39, 0.29) is 29.8 Å². The molecule has 0 aliphatic carbocycles. The summed E-state index contributed by atoms with van der Waals surface area (Å²) in [5.41, 5.74) is 6.82. The first-order chi connectivity index (χ1) is 10.6. The maximum absolute atomic E-state index is 12.2. The van der Waals surface area contributed by atoms with E-state index in [4.69, 9.17) is 5.73 Å². The predicted molar refractivity (Wildman–Crippen MR) is 102 cm³/mol. The normalized spacial score (nSPS) is 12.3. The fraction of sp³-hybridized carbons (Fsp3) is 0.556. The Balaban J connectivity index is 0.00000529. The summed E-state index contributed by atoms with van der Waals surface area (Å²) >= 11 is 0. The van der Waals surface area contributed by atoms with Gasteiger partial charge >= 0.3 is 0 Å². The van der Waals surface area contributed by atoms with Crippen LogP contribution in [-0.4, -0.2) is 23.4 Å². The highest BCUT2D eigenvalue weighted by atomic mass is 35.5. The lowest BCUT2D eigenvalue weighted by molar-refractivity contribution is -0.117. The number of benzene rings is 1. The van der Waals surface area contributed by atoms with Gasteiger partial charge in [0.05, 0.1) is 6.04 Å². The van der Waals surface area contributed by atoms with Crippen molar-refractivity contribution in [3.8, 4) is 0 Å². The van der Waals surface area contributed by atoms with Gasteiger partial charge in [-0.25, -0.2) is 0 Å². The standard InChI is InChI=1S/C18H29N3O2.ClH/c1-6-18(4,5)21-16(22)13-7-9-14(10-8-13)20-17(23)15(19)11-12(2)3;/h7-10,12,15H,6,11,19H2,1-5H3,(H,20,23)(H,21,22);1H/t15-;/m0./s1. The average Bonchev–Trinajstić information content (AvgIpc) is 2.46. The van der Waals surface area contributed by atoms with Gasteiger partial charge in [0.1, 0.15) is 0 Å². The summed E-state index contributed by atoms with van der Waals surface area (Å²) in [5.74, 6) is 0.0398. The highest BCUT2D eigenvalue weighted by Crippen LogP contribution is 2.13. The summed E-state index contributed by atoms with van der Waals surface area (Å²) in [6.07, 6.45) is 1.49. The lowest BCUT2D eigenvalue weighted by Gasteiger charge is -2.24. The second-order valence-corrected chi connectivity index (χ2v) is 6.99. The average molecular weight is 356 g/mol. The van der Waals surface area contributed by atoms with Crippen LogP contribution in [0.15, 0.2) is 24.3 Å². The number of amides is 2. The third-order valence-electron chi connectivity index (χ3n) is 3.81. The molecule has 24 heavy (non-hydrogen) atoms. The van der Waals surface area contributed by atoms with E-state index >= 15 is 0 Å². The van der Waals surface area contributed by atoms with Gasteiger partial charge in [-0.2, -0.15) is 0 Å². The van der Waals surface area contributed by atoms with Crippen molar-refractivity contribution in [1.82, 2.24) is 5.32 Å². The number of nitrogens with one attached hydrogen (secondary N) is 2. The third-order valence-corrected chi connectivity index (χ3v) is 3.81. The van der Waals surface area contributed by atoms with E-state index in [1.807, 2.05) is 34.6 Å². The van der Waals surface area contributed by atoms with Gasteiger partial charge in [-0.1, -0.05) is 20.8 Å². The Bertz CT molecular complexity index is 542. The molecular formula is C18H30ClN3O2. The second kappa shape index (κ2) is 9.64. The van der Waals surface area contributed by atoms with Crippen molar-refractivity contribution < 1.29 is 9.59 Å². The van der Waals surface area contributed by atoms with Crippen molar-refractivity contribution in [1.29, 1.82) is 0 Å². The van der Waals surface area contributed by atoms with E-state index in [0.717, 1.165) is 6.42 Å². The Morgan fingerprint density at radius 2 is 1.71 bits per heavy atom. The van der Waals surface area contributed by atoms with Crippen LogP contribution in [0.2, 0.25) is 0 Å². The van der Waals surface area contributed by atoms with Crippen LogP contribution in [0.4, 0.5) is 5.69 Å². The quantitative estimate of drug-likeness (QED) is 0.701. The molecule has 0 unspecified atom stereocenters. The fourth-order valence-electron chi connectivity index (χ4n) is 2.02. The van der Waals surface area contributed by atoms with Crippen LogP contribution in [0.1, 0.15) is 57.8 Å². The molecule has 1 aromatic rings. The SMILES string of the molecule is CCC(C)(C)NC(=O)c1ccc(NC(=O)[C@@H](N)CC(C)C)cc1.Cl. The number of halogens is 1. The van der Waals surface area contributed by atoms with Gasteiger partial charge in [0, 0.05) is 16.8 Å². The third kappa shape index (κ3) is 7.32. The van der Waals surface area contributed by atoms with E-state index in [1.54, 1.807) is 24.3 Å². The molecule has 5 nitrogen and oxygen atoms in total. The van der Waals surface area contributed by atoms with Crippen molar-refractivity contribution >= 4 is 29.9 Å². The molecule has 0 heterocycles. The molecular weight excluding hydrogens is 326 g/mol. The zero-order valence-electron chi connectivity index (χ0n) is 15.2. The van der Waals surface area contributed by atoms with Crippen LogP contribution in [0, 0.1) is 5.92 Å². The van der Waals surface area contributed by atoms with E-state index in [2.05, 4.69) is 10.6 Å². The Hall–Kier alpha value is -1.59. The largest absolute Gasteiger partial charge is 0.347 e. The number of carbonyl (C=O) groups excluding carboxylic acids is 2. The Morgan fingerprint density at radius 1 is 1.17 bits per heavy atom. The topological polar surface area (TPSA) is 84.2 Å². The molecule has 0 saturated heterocycles. The molecule has 2 amide bonds. The lowest BCUT2D eigenvalue weighted by Crippen LogP contribution is -2.42. The van der Waals surface area contributed by atoms with Crippen molar-refractivity contribution in [2.24, 2.45) is 11.7 Å². The second-order valence-electron chi connectivity index (χ2n) is 6.99. The van der Waals surface area contributed by atoms with Gasteiger partial charge in [-0.15, -0.1) is 12.4 Å². The Labute approximate surface area is 151 Å². The van der Waals surface area contributed by atoms with Crippen molar-refractivity contribution in [3.05, 3.63) is 29.8 Å².